The van der Waals surface area contributed by atoms with Gasteiger partial charge in [0.05, 0.1) is 11.8 Å². The van der Waals surface area contributed by atoms with Crippen molar-refractivity contribution >= 4 is 34.7 Å². The van der Waals surface area contributed by atoms with Gasteiger partial charge in [-0.3, -0.25) is 14.4 Å². The van der Waals surface area contributed by atoms with Crippen LogP contribution in [0.2, 0.25) is 0 Å². The minimum absolute atomic E-state index is 0.0183. The fourth-order valence-corrected chi connectivity index (χ4v) is 3.76. The summed E-state index contributed by atoms with van der Waals surface area (Å²) in [7, 11) is 0. The highest BCUT2D eigenvalue weighted by atomic mass is 16.2. The Labute approximate surface area is 170 Å². The smallest absolute Gasteiger partial charge is 0.228 e. The molecule has 0 aromatic heterocycles. The quantitative estimate of drug-likeness (QED) is 0.736. The second-order valence-corrected chi connectivity index (χ2v) is 7.80. The molecule has 0 bridgehead atoms. The number of rotatable bonds is 6. The summed E-state index contributed by atoms with van der Waals surface area (Å²) in [6, 6.07) is 14.7. The van der Waals surface area contributed by atoms with Gasteiger partial charge in [-0.15, -0.1) is 0 Å². The van der Waals surface area contributed by atoms with Crippen molar-refractivity contribution in [2.24, 2.45) is 11.8 Å². The largest absolute Gasteiger partial charge is 0.372 e. The Morgan fingerprint density at radius 3 is 1.76 bits per heavy atom. The number of hydrogen-bond acceptors (Lipinski definition) is 4. The Morgan fingerprint density at radius 2 is 1.28 bits per heavy atom. The lowest BCUT2D eigenvalue weighted by Gasteiger charge is -2.17. The number of nitrogens with one attached hydrogen (secondary N) is 2. The molecule has 0 spiro atoms. The van der Waals surface area contributed by atoms with Gasteiger partial charge < -0.3 is 15.5 Å². The Hall–Kier alpha value is -3.15. The Kier molecular flexibility index (Phi) is 5.34. The normalized spacial score (nSPS) is 20.2. The summed E-state index contributed by atoms with van der Waals surface area (Å²) in [5.41, 5.74) is 3.16. The highest BCUT2D eigenvalue weighted by molar-refractivity contribution is 6.03. The Morgan fingerprint density at radius 1 is 0.793 bits per heavy atom. The van der Waals surface area contributed by atoms with Crippen molar-refractivity contribution in [2.45, 2.75) is 26.2 Å². The molecule has 2 aromatic carbocycles. The molecule has 4 rings (SSSR count). The SMILES string of the molecule is CC(=O)c1ccc(NC(=O)C2CC2C(=O)Nc2ccc(N3CCCC3)cc2)cc1. The average molecular weight is 391 g/mol. The number of Topliss-reactive ketones (excluding diaryl/α,β-unsaturated/α-hetero) is 1. The first kappa shape index (κ1) is 19.2. The second-order valence-electron chi connectivity index (χ2n) is 7.80. The number of nitrogens with zero attached hydrogens (tertiary/aromatic N) is 1. The zero-order valence-electron chi connectivity index (χ0n) is 16.5. The van der Waals surface area contributed by atoms with Gasteiger partial charge in [-0.2, -0.15) is 0 Å². The molecule has 1 aliphatic carbocycles. The molecule has 6 nitrogen and oxygen atoms in total. The number of carbonyl (C=O) groups excluding carboxylic acids is 3. The molecule has 29 heavy (non-hydrogen) atoms. The lowest BCUT2D eigenvalue weighted by atomic mass is 10.1. The first-order valence-electron chi connectivity index (χ1n) is 10.1. The molecule has 1 saturated carbocycles. The third-order valence-corrected chi connectivity index (χ3v) is 5.63. The van der Waals surface area contributed by atoms with Gasteiger partial charge in [-0.05, 0) is 74.7 Å². The molecule has 6 heteroatoms. The molecule has 2 amide bonds. The topological polar surface area (TPSA) is 78.5 Å². The van der Waals surface area contributed by atoms with Crippen molar-refractivity contribution < 1.29 is 14.4 Å². The first-order chi connectivity index (χ1) is 14.0. The molecule has 2 unspecified atom stereocenters. The van der Waals surface area contributed by atoms with Crippen LogP contribution in [0, 0.1) is 11.8 Å². The van der Waals surface area contributed by atoms with Crippen LogP contribution in [0.1, 0.15) is 36.5 Å². The maximum absolute atomic E-state index is 12.5. The van der Waals surface area contributed by atoms with E-state index in [4.69, 9.17) is 0 Å². The average Bonchev–Trinajstić information content (AvgIpc) is 3.35. The van der Waals surface area contributed by atoms with Gasteiger partial charge in [0, 0.05) is 35.7 Å². The van der Waals surface area contributed by atoms with Crippen LogP contribution in [-0.4, -0.2) is 30.7 Å². The molecular formula is C23H25N3O3. The Balaban J connectivity index is 1.28. The van der Waals surface area contributed by atoms with Crippen molar-refractivity contribution in [1.29, 1.82) is 0 Å². The van der Waals surface area contributed by atoms with Crippen LogP contribution in [0.5, 0.6) is 0 Å². The van der Waals surface area contributed by atoms with E-state index in [-0.39, 0.29) is 29.4 Å². The molecule has 0 radical (unpaired) electrons. The number of ketones is 1. The van der Waals surface area contributed by atoms with Gasteiger partial charge in [0.2, 0.25) is 11.8 Å². The molecule has 2 aliphatic rings. The van der Waals surface area contributed by atoms with E-state index < -0.39 is 0 Å². The third kappa shape index (κ3) is 4.47. The van der Waals surface area contributed by atoms with Gasteiger partial charge in [-0.1, -0.05) is 0 Å². The second kappa shape index (κ2) is 8.07. The van der Waals surface area contributed by atoms with Crippen molar-refractivity contribution in [1.82, 2.24) is 0 Å². The van der Waals surface area contributed by atoms with E-state index in [0.29, 0.717) is 17.7 Å². The lowest BCUT2D eigenvalue weighted by molar-refractivity contribution is -0.122. The summed E-state index contributed by atoms with van der Waals surface area (Å²) in [6.45, 7) is 3.67. The lowest BCUT2D eigenvalue weighted by Crippen LogP contribution is -2.21. The highest BCUT2D eigenvalue weighted by Gasteiger charge is 2.48. The third-order valence-electron chi connectivity index (χ3n) is 5.63. The molecule has 2 aromatic rings. The van der Waals surface area contributed by atoms with Gasteiger partial charge in [0.1, 0.15) is 0 Å². The summed E-state index contributed by atoms with van der Waals surface area (Å²) < 4.78 is 0. The van der Waals surface area contributed by atoms with E-state index in [0.717, 1.165) is 18.8 Å². The minimum atomic E-state index is -0.314. The summed E-state index contributed by atoms with van der Waals surface area (Å²) >= 11 is 0. The standard InChI is InChI=1S/C23H25N3O3/c1-15(27)16-4-6-17(7-5-16)24-22(28)20-14-21(20)23(29)25-18-8-10-19(11-9-18)26-12-2-3-13-26/h4-11,20-21H,2-3,12-14H2,1H3,(H,24,28)(H,25,29). The van der Waals surface area contributed by atoms with Gasteiger partial charge >= 0.3 is 0 Å². The molecule has 2 N–H and O–H groups in total. The maximum Gasteiger partial charge on any atom is 0.228 e. The molecule has 1 heterocycles. The highest BCUT2D eigenvalue weighted by Crippen LogP contribution is 2.40. The Bertz CT molecular complexity index is 915. The molecule has 1 saturated heterocycles. The van der Waals surface area contributed by atoms with E-state index in [1.807, 2.05) is 24.3 Å². The van der Waals surface area contributed by atoms with Crippen molar-refractivity contribution in [3.05, 3.63) is 54.1 Å². The molecule has 2 fully saturated rings. The van der Waals surface area contributed by atoms with Crippen LogP contribution >= 0.6 is 0 Å². The van der Waals surface area contributed by atoms with E-state index in [2.05, 4.69) is 15.5 Å². The van der Waals surface area contributed by atoms with E-state index in [1.165, 1.54) is 25.5 Å². The van der Waals surface area contributed by atoms with Crippen LogP contribution in [0.15, 0.2) is 48.5 Å². The van der Waals surface area contributed by atoms with E-state index in [9.17, 15) is 14.4 Å². The summed E-state index contributed by atoms with van der Waals surface area (Å²) in [5, 5.41) is 5.74. The molecular weight excluding hydrogens is 366 g/mol. The monoisotopic (exact) mass is 391 g/mol. The van der Waals surface area contributed by atoms with Crippen LogP contribution in [0.4, 0.5) is 17.1 Å². The summed E-state index contributed by atoms with van der Waals surface area (Å²) in [4.78, 5) is 38.5. The minimum Gasteiger partial charge on any atom is -0.372 e. The van der Waals surface area contributed by atoms with E-state index in [1.54, 1.807) is 24.3 Å². The van der Waals surface area contributed by atoms with E-state index >= 15 is 0 Å². The van der Waals surface area contributed by atoms with Crippen LogP contribution in [-0.2, 0) is 9.59 Å². The predicted molar refractivity (Wildman–Crippen MR) is 113 cm³/mol. The van der Waals surface area contributed by atoms with Crippen molar-refractivity contribution in [3.63, 3.8) is 0 Å². The van der Waals surface area contributed by atoms with Crippen LogP contribution in [0.3, 0.4) is 0 Å². The maximum atomic E-state index is 12.5. The van der Waals surface area contributed by atoms with Crippen LogP contribution < -0.4 is 15.5 Å². The molecule has 150 valence electrons. The number of anilines is 3. The number of carbonyl (C=O) groups is 3. The van der Waals surface area contributed by atoms with Crippen molar-refractivity contribution in [2.75, 3.05) is 28.6 Å². The molecule has 2 atom stereocenters. The zero-order chi connectivity index (χ0) is 20.4. The van der Waals surface area contributed by atoms with Gasteiger partial charge in [-0.25, -0.2) is 0 Å². The fourth-order valence-electron chi connectivity index (χ4n) is 3.76. The van der Waals surface area contributed by atoms with Crippen molar-refractivity contribution in [3.8, 4) is 0 Å². The number of benzene rings is 2. The summed E-state index contributed by atoms with van der Waals surface area (Å²) in [6.07, 6.45) is 3.00. The zero-order valence-corrected chi connectivity index (χ0v) is 16.5. The number of hydrogen-bond donors (Lipinski definition) is 2. The summed E-state index contributed by atoms with van der Waals surface area (Å²) in [5.74, 6) is -0.914. The van der Waals surface area contributed by atoms with Crippen LogP contribution in [0.25, 0.3) is 0 Å². The fraction of sp³-hybridized carbons (Fsp3) is 0.348. The predicted octanol–water partition coefficient (Wildman–Crippen LogP) is 3.70. The molecule has 1 aliphatic heterocycles. The number of amides is 2. The van der Waals surface area contributed by atoms with Gasteiger partial charge in [0.15, 0.2) is 5.78 Å². The first-order valence-corrected chi connectivity index (χ1v) is 10.1. The van der Waals surface area contributed by atoms with Gasteiger partial charge in [0.25, 0.3) is 0 Å².